The van der Waals surface area contributed by atoms with Gasteiger partial charge in [-0.1, -0.05) is 12.1 Å². The molecule has 2 aromatic rings. The van der Waals surface area contributed by atoms with Crippen LogP contribution in [-0.2, 0) is 13.0 Å². The zero-order valence-electron chi connectivity index (χ0n) is 11.4. The van der Waals surface area contributed by atoms with E-state index in [1.807, 2.05) is 31.2 Å². The van der Waals surface area contributed by atoms with Crippen LogP contribution in [0.5, 0.6) is 5.75 Å². The average Bonchev–Trinajstić information content (AvgIpc) is 2.48. The SMILES string of the molecule is CCOc1ccccc1-c1nc2c(c(=O)[nH]1)CCNC2. The van der Waals surface area contributed by atoms with Crippen molar-refractivity contribution in [1.82, 2.24) is 15.3 Å². The van der Waals surface area contributed by atoms with Crippen LogP contribution in [-0.4, -0.2) is 23.1 Å². The first-order valence-electron chi connectivity index (χ1n) is 6.84. The predicted octanol–water partition coefficient (Wildman–Crippen LogP) is 1.48. The van der Waals surface area contributed by atoms with Gasteiger partial charge in [-0.2, -0.15) is 0 Å². The number of nitrogens with zero attached hydrogens (tertiary/aromatic N) is 1. The molecule has 1 aromatic heterocycles. The van der Waals surface area contributed by atoms with Gasteiger partial charge in [0.25, 0.3) is 5.56 Å². The van der Waals surface area contributed by atoms with E-state index in [9.17, 15) is 4.79 Å². The maximum atomic E-state index is 12.2. The maximum absolute atomic E-state index is 12.2. The van der Waals surface area contributed by atoms with Crippen LogP contribution in [0.25, 0.3) is 11.4 Å². The normalized spacial score (nSPS) is 13.8. The van der Waals surface area contributed by atoms with Gasteiger partial charge in [0, 0.05) is 12.1 Å². The van der Waals surface area contributed by atoms with Crippen molar-refractivity contribution >= 4 is 0 Å². The Morgan fingerprint density at radius 3 is 3.05 bits per heavy atom. The highest BCUT2D eigenvalue weighted by Gasteiger charge is 2.17. The van der Waals surface area contributed by atoms with E-state index in [4.69, 9.17) is 4.74 Å². The Hall–Kier alpha value is -2.14. The Balaban J connectivity index is 2.11. The van der Waals surface area contributed by atoms with Gasteiger partial charge in [0.15, 0.2) is 0 Å². The fourth-order valence-electron chi connectivity index (χ4n) is 2.44. The summed E-state index contributed by atoms with van der Waals surface area (Å²) in [6.07, 6.45) is 0.727. The van der Waals surface area contributed by atoms with Crippen molar-refractivity contribution in [2.75, 3.05) is 13.2 Å². The molecule has 3 rings (SSSR count). The summed E-state index contributed by atoms with van der Waals surface area (Å²) in [6.45, 7) is 3.98. The molecule has 2 heterocycles. The highest BCUT2D eigenvalue weighted by Crippen LogP contribution is 2.27. The summed E-state index contributed by atoms with van der Waals surface area (Å²) in [7, 11) is 0. The molecule has 2 N–H and O–H groups in total. The minimum absolute atomic E-state index is 0.0437. The first-order valence-corrected chi connectivity index (χ1v) is 6.84. The molecule has 1 aliphatic heterocycles. The van der Waals surface area contributed by atoms with Gasteiger partial charge in [0.05, 0.1) is 17.9 Å². The lowest BCUT2D eigenvalue weighted by Crippen LogP contribution is -2.31. The summed E-state index contributed by atoms with van der Waals surface area (Å²) >= 11 is 0. The molecule has 0 saturated heterocycles. The predicted molar refractivity (Wildman–Crippen MR) is 76.9 cm³/mol. The summed E-state index contributed by atoms with van der Waals surface area (Å²) in [5.41, 5.74) is 2.40. The number of fused-ring (bicyclic) bond motifs is 1. The largest absolute Gasteiger partial charge is 0.493 e. The zero-order chi connectivity index (χ0) is 13.9. The van der Waals surface area contributed by atoms with Crippen LogP contribution in [0.2, 0.25) is 0 Å². The molecule has 0 atom stereocenters. The zero-order valence-corrected chi connectivity index (χ0v) is 11.4. The molecule has 0 bridgehead atoms. The number of aromatic amines is 1. The van der Waals surface area contributed by atoms with Crippen LogP contribution in [0.1, 0.15) is 18.2 Å². The van der Waals surface area contributed by atoms with Crippen molar-refractivity contribution in [2.24, 2.45) is 0 Å². The average molecular weight is 271 g/mol. The highest BCUT2D eigenvalue weighted by atomic mass is 16.5. The number of nitrogens with one attached hydrogen (secondary N) is 2. The van der Waals surface area contributed by atoms with E-state index >= 15 is 0 Å². The fraction of sp³-hybridized carbons (Fsp3) is 0.333. The second kappa shape index (κ2) is 5.46. The standard InChI is InChI=1S/C15H17N3O2/c1-2-20-13-6-4-3-5-11(13)14-17-12-9-16-8-7-10(12)15(19)18-14/h3-6,16H,2,7-9H2,1H3,(H,17,18,19). The van der Waals surface area contributed by atoms with Gasteiger partial charge in [-0.15, -0.1) is 0 Å². The number of benzene rings is 1. The first-order chi connectivity index (χ1) is 9.79. The highest BCUT2D eigenvalue weighted by molar-refractivity contribution is 5.64. The summed E-state index contributed by atoms with van der Waals surface area (Å²) in [5, 5.41) is 3.24. The number of para-hydroxylation sites is 1. The Morgan fingerprint density at radius 2 is 2.20 bits per heavy atom. The van der Waals surface area contributed by atoms with Crippen molar-refractivity contribution in [3.05, 3.63) is 45.9 Å². The minimum Gasteiger partial charge on any atom is -0.493 e. The van der Waals surface area contributed by atoms with E-state index < -0.39 is 0 Å². The molecule has 104 valence electrons. The van der Waals surface area contributed by atoms with Gasteiger partial charge in [-0.05, 0) is 32.0 Å². The quantitative estimate of drug-likeness (QED) is 0.887. The van der Waals surface area contributed by atoms with Crippen molar-refractivity contribution in [3.63, 3.8) is 0 Å². The molecule has 1 aromatic carbocycles. The third-order valence-corrected chi connectivity index (χ3v) is 3.39. The van der Waals surface area contributed by atoms with Gasteiger partial charge in [-0.3, -0.25) is 4.79 Å². The lowest BCUT2D eigenvalue weighted by Gasteiger charge is -2.16. The van der Waals surface area contributed by atoms with E-state index in [0.29, 0.717) is 19.0 Å². The Labute approximate surface area is 117 Å². The molecule has 0 aliphatic carbocycles. The van der Waals surface area contributed by atoms with Crippen LogP contribution >= 0.6 is 0 Å². The third kappa shape index (κ3) is 2.32. The lowest BCUT2D eigenvalue weighted by molar-refractivity contribution is 0.341. The molecule has 0 unspecified atom stereocenters. The summed E-state index contributed by atoms with van der Waals surface area (Å²) < 4.78 is 5.60. The molecule has 5 heteroatoms. The lowest BCUT2D eigenvalue weighted by atomic mass is 10.1. The summed E-state index contributed by atoms with van der Waals surface area (Å²) in [4.78, 5) is 19.6. The van der Waals surface area contributed by atoms with Gasteiger partial charge in [0.2, 0.25) is 0 Å². The number of hydrogen-bond acceptors (Lipinski definition) is 4. The topological polar surface area (TPSA) is 67.0 Å². The molecule has 0 saturated carbocycles. The Morgan fingerprint density at radius 1 is 1.35 bits per heavy atom. The number of aromatic nitrogens is 2. The molecule has 0 fully saturated rings. The molecule has 0 amide bonds. The van der Waals surface area contributed by atoms with E-state index in [1.54, 1.807) is 0 Å². The number of H-pyrrole nitrogens is 1. The molecule has 0 radical (unpaired) electrons. The smallest absolute Gasteiger partial charge is 0.254 e. The van der Waals surface area contributed by atoms with Gasteiger partial charge >= 0.3 is 0 Å². The third-order valence-electron chi connectivity index (χ3n) is 3.39. The van der Waals surface area contributed by atoms with Crippen molar-refractivity contribution < 1.29 is 4.74 Å². The van der Waals surface area contributed by atoms with Gasteiger partial charge in [-0.25, -0.2) is 4.98 Å². The second-order valence-electron chi connectivity index (χ2n) is 4.70. The Kier molecular flexibility index (Phi) is 3.52. The van der Waals surface area contributed by atoms with Crippen LogP contribution in [0, 0.1) is 0 Å². The maximum Gasteiger partial charge on any atom is 0.254 e. The first kappa shape index (κ1) is 12.9. The minimum atomic E-state index is -0.0437. The van der Waals surface area contributed by atoms with Gasteiger partial charge in [0.1, 0.15) is 11.6 Å². The molecule has 5 nitrogen and oxygen atoms in total. The number of ether oxygens (including phenoxy) is 1. The Bertz CT molecular complexity index is 679. The molecular formula is C15H17N3O2. The number of rotatable bonds is 3. The van der Waals surface area contributed by atoms with Crippen LogP contribution in [0.3, 0.4) is 0 Å². The monoisotopic (exact) mass is 271 g/mol. The molecular weight excluding hydrogens is 254 g/mol. The number of hydrogen-bond donors (Lipinski definition) is 2. The summed E-state index contributed by atoms with van der Waals surface area (Å²) in [6, 6.07) is 7.62. The van der Waals surface area contributed by atoms with Crippen molar-refractivity contribution in [2.45, 2.75) is 19.9 Å². The van der Waals surface area contributed by atoms with Crippen molar-refractivity contribution in [1.29, 1.82) is 0 Å². The van der Waals surface area contributed by atoms with E-state index in [-0.39, 0.29) is 5.56 Å². The fourth-order valence-corrected chi connectivity index (χ4v) is 2.44. The second-order valence-corrected chi connectivity index (χ2v) is 4.70. The molecule has 1 aliphatic rings. The van der Waals surface area contributed by atoms with Crippen molar-refractivity contribution in [3.8, 4) is 17.1 Å². The van der Waals surface area contributed by atoms with E-state index in [0.717, 1.165) is 35.5 Å². The molecule has 20 heavy (non-hydrogen) atoms. The summed E-state index contributed by atoms with van der Waals surface area (Å²) in [5.74, 6) is 1.31. The van der Waals surface area contributed by atoms with E-state index in [2.05, 4.69) is 15.3 Å². The van der Waals surface area contributed by atoms with E-state index in [1.165, 1.54) is 0 Å². The van der Waals surface area contributed by atoms with Crippen LogP contribution in [0.4, 0.5) is 0 Å². The van der Waals surface area contributed by atoms with Crippen LogP contribution in [0.15, 0.2) is 29.1 Å². The van der Waals surface area contributed by atoms with Crippen LogP contribution < -0.4 is 15.6 Å². The van der Waals surface area contributed by atoms with Gasteiger partial charge < -0.3 is 15.0 Å². The molecule has 0 spiro atoms.